The molecule has 1 aromatic heterocycles. The molecule has 0 unspecified atom stereocenters. The highest BCUT2D eigenvalue weighted by Crippen LogP contribution is 2.34. The van der Waals surface area contributed by atoms with Crippen molar-refractivity contribution in [2.75, 3.05) is 40.0 Å². The lowest BCUT2D eigenvalue weighted by atomic mass is 9.82. The number of aromatic nitrogens is 1. The number of hydrogen-bond acceptors (Lipinski definition) is 8. The van der Waals surface area contributed by atoms with Crippen molar-refractivity contribution in [3.05, 3.63) is 16.1 Å². The fourth-order valence-corrected chi connectivity index (χ4v) is 4.37. The Kier molecular flexibility index (Phi) is 12.7. The summed E-state index contributed by atoms with van der Waals surface area (Å²) in [7, 11) is 1.65. The van der Waals surface area contributed by atoms with E-state index in [9.17, 15) is 31.1 Å². The summed E-state index contributed by atoms with van der Waals surface area (Å²) in [6.07, 6.45) is -9.00. The molecule has 3 rings (SSSR count). The minimum Gasteiger partial charge on any atom is -0.475 e. The third-order valence-corrected chi connectivity index (χ3v) is 6.23. The number of hydrogen-bond donors (Lipinski definition) is 3. The van der Waals surface area contributed by atoms with Crippen molar-refractivity contribution >= 4 is 29.2 Å². The average molecular weight is 568 g/mol. The highest BCUT2D eigenvalue weighted by atomic mass is 32.1. The maximum atomic E-state index is 12.6. The summed E-state index contributed by atoms with van der Waals surface area (Å²) in [5, 5.41) is 17.3. The molecule has 2 aliphatic heterocycles. The van der Waals surface area contributed by atoms with Crippen LogP contribution in [-0.4, -0.2) is 96.4 Å². The number of methoxy groups -OCH3 is 1. The maximum Gasteiger partial charge on any atom is 0.490 e. The van der Waals surface area contributed by atoms with Gasteiger partial charge < -0.3 is 25.0 Å². The van der Waals surface area contributed by atoms with E-state index in [4.69, 9.17) is 29.3 Å². The summed E-state index contributed by atoms with van der Waals surface area (Å²) in [5.41, 5.74) is 2.98. The van der Waals surface area contributed by atoms with Crippen molar-refractivity contribution in [1.29, 1.82) is 0 Å². The summed E-state index contributed by atoms with van der Waals surface area (Å²) in [5.74, 6) is -5.04. The average Bonchev–Trinajstić information content (AvgIpc) is 3.41. The summed E-state index contributed by atoms with van der Waals surface area (Å²) in [4.78, 5) is 38.3. The van der Waals surface area contributed by atoms with E-state index in [2.05, 4.69) is 15.2 Å². The summed E-state index contributed by atoms with van der Waals surface area (Å²) in [6, 6.07) is 0. The van der Waals surface area contributed by atoms with E-state index in [1.165, 1.54) is 4.88 Å². The number of nitrogens with one attached hydrogen (secondary N) is 1. The number of halogens is 6. The molecule has 0 aliphatic carbocycles. The number of carboxylic acid groups (broad SMARTS) is 2. The molecule has 3 heterocycles. The summed E-state index contributed by atoms with van der Waals surface area (Å²) >= 11 is 1.68. The number of amides is 1. The van der Waals surface area contributed by atoms with Gasteiger partial charge in [-0.25, -0.2) is 14.6 Å². The van der Waals surface area contributed by atoms with E-state index in [1.807, 2.05) is 12.4 Å². The summed E-state index contributed by atoms with van der Waals surface area (Å²) in [6.45, 7) is 6.48. The third-order valence-electron chi connectivity index (χ3n) is 5.31. The standard InChI is InChI=1S/C16H25N3O3S.2C2HF3O2/c1-11-15(23-10-18-11)9-19-7-13(16(20)17-4-6-21-2)12-3-5-22-14(12)8-19;2*3-2(4,5)1(6)7/h10,12-14H,3-9H2,1-2H3,(H,17,20);2*(H,6,7)/t12-,13-,14+;;/m0../s1. The van der Waals surface area contributed by atoms with Crippen LogP contribution in [0.3, 0.4) is 0 Å². The normalized spacial score (nSPS) is 21.6. The van der Waals surface area contributed by atoms with Gasteiger partial charge in [0.05, 0.1) is 29.8 Å². The smallest absolute Gasteiger partial charge is 0.475 e. The van der Waals surface area contributed by atoms with Crippen LogP contribution in [0.4, 0.5) is 26.3 Å². The van der Waals surface area contributed by atoms with Crippen LogP contribution in [0.15, 0.2) is 5.51 Å². The molecule has 37 heavy (non-hydrogen) atoms. The van der Waals surface area contributed by atoms with Gasteiger partial charge in [0.2, 0.25) is 5.91 Å². The topological polar surface area (TPSA) is 138 Å². The van der Waals surface area contributed by atoms with E-state index < -0.39 is 24.3 Å². The van der Waals surface area contributed by atoms with Crippen molar-refractivity contribution in [1.82, 2.24) is 15.2 Å². The number of ether oxygens (including phenoxy) is 2. The molecule has 3 atom stereocenters. The fraction of sp³-hybridized carbons (Fsp3) is 0.700. The van der Waals surface area contributed by atoms with E-state index in [0.29, 0.717) is 19.1 Å². The Bertz CT molecular complexity index is 873. The monoisotopic (exact) mass is 567 g/mol. The molecule has 212 valence electrons. The van der Waals surface area contributed by atoms with Gasteiger partial charge in [-0.3, -0.25) is 9.69 Å². The predicted octanol–water partition coefficient (Wildman–Crippen LogP) is 2.32. The number of fused-ring (bicyclic) bond motifs is 1. The molecule has 0 spiro atoms. The van der Waals surface area contributed by atoms with Gasteiger partial charge in [0, 0.05) is 50.7 Å². The Labute approximate surface area is 211 Å². The maximum absolute atomic E-state index is 12.6. The molecular weight excluding hydrogens is 540 g/mol. The van der Waals surface area contributed by atoms with Crippen LogP contribution in [0.1, 0.15) is 17.0 Å². The van der Waals surface area contributed by atoms with Gasteiger partial charge in [0.25, 0.3) is 0 Å². The highest BCUT2D eigenvalue weighted by molar-refractivity contribution is 7.09. The first-order valence-corrected chi connectivity index (χ1v) is 11.6. The molecule has 2 aliphatic rings. The number of thiazole rings is 1. The van der Waals surface area contributed by atoms with Gasteiger partial charge in [-0.05, 0) is 13.3 Å². The lowest BCUT2D eigenvalue weighted by Crippen LogP contribution is -2.52. The van der Waals surface area contributed by atoms with Crippen LogP contribution < -0.4 is 5.32 Å². The molecule has 1 amide bonds. The molecule has 0 aromatic carbocycles. The van der Waals surface area contributed by atoms with Crippen molar-refractivity contribution in [3.63, 3.8) is 0 Å². The SMILES string of the molecule is COCCNC(=O)[C@H]1CN(Cc2scnc2C)C[C@H]2OCC[C@@H]12.O=C(O)C(F)(F)F.O=C(O)C(F)(F)F. The molecule has 3 N–H and O–H groups in total. The number of carbonyl (C=O) groups excluding carboxylic acids is 1. The molecule has 2 saturated heterocycles. The quantitative estimate of drug-likeness (QED) is 0.349. The Morgan fingerprint density at radius 3 is 2.19 bits per heavy atom. The number of carbonyl (C=O) groups is 3. The van der Waals surface area contributed by atoms with Crippen molar-refractivity contribution in [2.45, 2.75) is 38.3 Å². The summed E-state index contributed by atoms with van der Waals surface area (Å²) < 4.78 is 74.4. The Morgan fingerprint density at radius 2 is 1.73 bits per heavy atom. The number of carboxylic acids is 2. The first-order chi connectivity index (χ1) is 17.1. The van der Waals surface area contributed by atoms with E-state index in [0.717, 1.165) is 38.4 Å². The van der Waals surface area contributed by atoms with E-state index in [-0.39, 0.29) is 17.9 Å². The van der Waals surface area contributed by atoms with Gasteiger partial charge in [-0.2, -0.15) is 26.3 Å². The van der Waals surface area contributed by atoms with Gasteiger partial charge in [0.1, 0.15) is 0 Å². The molecule has 1 aromatic rings. The van der Waals surface area contributed by atoms with Gasteiger partial charge in [-0.15, -0.1) is 11.3 Å². The zero-order valence-electron chi connectivity index (χ0n) is 19.8. The molecular formula is C20H27F6N3O7S. The van der Waals surface area contributed by atoms with E-state index >= 15 is 0 Å². The van der Waals surface area contributed by atoms with Crippen molar-refractivity contribution < 1.29 is 60.4 Å². The van der Waals surface area contributed by atoms with Crippen LogP contribution in [0.5, 0.6) is 0 Å². The highest BCUT2D eigenvalue weighted by Gasteiger charge is 2.44. The molecule has 0 bridgehead atoms. The minimum atomic E-state index is -5.08. The lowest BCUT2D eigenvalue weighted by Gasteiger charge is -2.39. The van der Waals surface area contributed by atoms with Crippen LogP contribution >= 0.6 is 11.3 Å². The number of nitrogens with zero attached hydrogens (tertiary/aromatic N) is 2. The first kappa shape index (κ1) is 32.5. The second-order valence-electron chi connectivity index (χ2n) is 7.91. The second-order valence-corrected chi connectivity index (χ2v) is 8.85. The van der Waals surface area contributed by atoms with Gasteiger partial charge in [0.15, 0.2) is 0 Å². The molecule has 10 nitrogen and oxygen atoms in total. The Hall–Kier alpha value is -2.50. The van der Waals surface area contributed by atoms with E-state index in [1.54, 1.807) is 18.4 Å². The fourth-order valence-electron chi connectivity index (χ4n) is 3.55. The Morgan fingerprint density at radius 1 is 1.16 bits per heavy atom. The number of aliphatic carboxylic acids is 2. The van der Waals surface area contributed by atoms with Crippen LogP contribution in [0.25, 0.3) is 0 Å². The lowest BCUT2D eigenvalue weighted by molar-refractivity contribution is -0.193. The molecule has 17 heteroatoms. The molecule has 0 saturated carbocycles. The number of rotatable bonds is 6. The first-order valence-electron chi connectivity index (χ1n) is 10.7. The molecule has 2 fully saturated rings. The Balaban J connectivity index is 0.000000404. The minimum absolute atomic E-state index is 0.00123. The third kappa shape index (κ3) is 11.2. The van der Waals surface area contributed by atoms with Gasteiger partial charge >= 0.3 is 24.3 Å². The number of piperidine rings is 1. The van der Waals surface area contributed by atoms with Crippen LogP contribution in [0, 0.1) is 18.8 Å². The van der Waals surface area contributed by atoms with Gasteiger partial charge in [-0.1, -0.05) is 0 Å². The number of alkyl halides is 6. The number of aryl methyl sites for hydroxylation is 1. The zero-order valence-corrected chi connectivity index (χ0v) is 20.6. The zero-order chi connectivity index (χ0) is 28.4. The predicted molar refractivity (Wildman–Crippen MR) is 116 cm³/mol. The van der Waals surface area contributed by atoms with Crippen LogP contribution in [-0.2, 0) is 30.4 Å². The largest absolute Gasteiger partial charge is 0.490 e. The molecule has 0 radical (unpaired) electrons. The van der Waals surface area contributed by atoms with Crippen molar-refractivity contribution in [2.24, 2.45) is 11.8 Å². The van der Waals surface area contributed by atoms with Crippen LogP contribution in [0.2, 0.25) is 0 Å². The number of likely N-dealkylation sites (tertiary alicyclic amines) is 1. The second kappa shape index (κ2) is 14.4. The van der Waals surface area contributed by atoms with Crippen molar-refractivity contribution in [3.8, 4) is 0 Å².